The molecular weight excluding hydrogens is 298 g/mol. The lowest BCUT2D eigenvalue weighted by molar-refractivity contribution is 0.0697. The molecule has 0 aliphatic heterocycles. The maximum absolute atomic E-state index is 10.9. The molecule has 1 N–H and O–H groups in total. The first kappa shape index (κ1) is 14.6. The van der Waals surface area contributed by atoms with E-state index < -0.39 is 5.97 Å². The SMILES string of the molecule is CCn1c(SCc2ccc(C(=O)O)cc2)nc2ccncc21. The van der Waals surface area contributed by atoms with Crippen LogP contribution in [0.15, 0.2) is 47.9 Å². The highest BCUT2D eigenvalue weighted by Crippen LogP contribution is 2.26. The topological polar surface area (TPSA) is 68.0 Å². The van der Waals surface area contributed by atoms with Gasteiger partial charge in [0.1, 0.15) is 0 Å². The zero-order valence-electron chi connectivity index (χ0n) is 12.1. The molecule has 0 spiro atoms. The molecule has 3 rings (SSSR count). The van der Waals surface area contributed by atoms with Gasteiger partial charge in [0.15, 0.2) is 5.16 Å². The molecule has 5 nitrogen and oxygen atoms in total. The van der Waals surface area contributed by atoms with Crippen molar-refractivity contribution in [2.24, 2.45) is 0 Å². The smallest absolute Gasteiger partial charge is 0.335 e. The predicted molar refractivity (Wildman–Crippen MR) is 86.2 cm³/mol. The first-order valence-electron chi connectivity index (χ1n) is 6.94. The maximum atomic E-state index is 10.9. The Morgan fingerprint density at radius 1 is 1.27 bits per heavy atom. The average molecular weight is 313 g/mol. The maximum Gasteiger partial charge on any atom is 0.335 e. The highest BCUT2D eigenvalue weighted by atomic mass is 32.2. The Labute approximate surface area is 132 Å². The fraction of sp³-hybridized carbons (Fsp3) is 0.188. The summed E-state index contributed by atoms with van der Waals surface area (Å²) in [5.74, 6) is -0.157. The molecule has 3 aromatic rings. The van der Waals surface area contributed by atoms with Crippen LogP contribution in [-0.2, 0) is 12.3 Å². The number of imidazole rings is 1. The van der Waals surface area contributed by atoms with Crippen molar-refractivity contribution in [2.45, 2.75) is 24.4 Å². The van der Waals surface area contributed by atoms with Crippen molar-refractivity contribution < 1.29 is 9.90 Å². The number of carboxylic acid groups (broad SMARTS) is 1. The molecule has 0 fully saturated rings. The highest BCUT2D eigenvalue weighted by Gasteiger charge is 2.10. The third-order valence-electron chi connectivity index (χ3n) is 3.40. The second-order valence-corrected chi connectivity index (χ2v) is 5.74. The molecular formula is C16H15N3O2S. The van der Waals surface area contributed by atoms with Crippen LogP contribution in [0.3, 0.4) is 0 Å². The minimum Gasteiger partial charge on any atom is -0.478 e. The molecule has 0 atom stereocenters. The fourth-order valence-corrected chi connectivity index (χ4v) is 3.29. The van der Waals surface area contributed by atoms with E-state index in [-0.39, 0.29) is 0 Å². The molecule has 6 heteroatoms. The quantitative estimate of drug-likeness (QED) is 0.731. The third-order valence-corrected chi connectivity index (χ3v) is 4.45. The lowest BCUT2D eigenvalue weighted by Crippen LogP contribution is -1.97. The van der Waals surface area contributed by atoms with E-state index in [0.717, 1.165) is 34.1 Å². The number of fused-ring (bicyclic) bond motifs is 1. The largest absolute Gasteiger partial charge is 0.478 e. The van der Waals surface area contributed by atoms with Gasteiger partial charge in [-0.25, -0.2) is 9.78 Å². The van der Waals surface area contributed by atoms with Gasteiger partial charge in [0.05, 0.1) is 22.8 Å². The number of pyridine rings is 1. The van der Waals surface area contributed by atoms with Crippen molar-refractivity contribution in [3.8, 4) is 0 Å². The van der Waals surface area contributed by atoms with Gasteiger partial charge in [0, 0.05) is 18.5 Å². The average Bonchev–Trinajstić information content (AvgIpc) is 2.90. The zero-order valence-corrected chi connectivity index (χ0v) is 12.9. The Kier molecular flexibility index (Phi) is 4.11. The van der Waals surface area contributed by atoms with Crippen molar-refractivity contribution in [3.63, 3.8) is 0 Å². The summed E-state index contributed by atoms with van der Waals surface area (Å²) in [5.41, 5.74) is 3.36. The molecule has 0 bridgehead atoms. The van der Waals surface area contributed by atoms with Crippen LogP contribution in [-0.4, -0.2) is 25.6 Å². The lowest BCUT2D eigenvalue weighted by Gasteiger charge is -2.05. The summed E-state index contributed by atoms with van der Waals surface area (Å²) in [6.45, 7) is 2.92. The third kappa shape index (κ3) is 2.82. The molecule has 0 aliphatic carbocycles. The zero-order chi connectivity index (χ0) is 15.5. The minimum absolute atomic E-state index is 0.306. The molecule has 0 aliphatic rings. The van der Waals surface area contributed by atoms with Gasteiger partial charge >= 0.3 is 5.97 Å². The van der Waals surface area contributed by atoms with Crippen LogP contribution in [0.4, 0.5) is 0 Å². The van der Waals surface area contributed by atoms with E-state index in [1.165, 1.54) is 0 Å². The van der Waals surface area contributed by atoms with Crippen LogP contribution in [0.25, 0.3) is 11.0 Å². The van der Waals surface area contributed by atoms with Crippen molar-refractivity contribution in [1.29, 1.82) is 0 Å². The number of carboxylic acids is 1. The summed E-state index contributed by atoms with van der Waals surface area (Å²) in [5, 5.41) is 9.86. The number of carbonyl (C=O) groups is 1. The second-order valence-electron chi connectivity index (χ2n) is 4.79. The molecule has 22 heavy (non-hydrogen) atoms. The van der Waals surface area contributed by atoms with Gasteiger partial charge in [-0.3, -0.25) is 4.98 Å². The summed E-state index contributed by atoms with van der Waals surface area (Å²) >= 11 is 1.64. The van der Waals surface area contributed by atoms with Gasteiger partial charge in [-0.2, -0.15) is 0 Å². The first-order chi connectivity index (χ1) is 10.7. The molecule has 0 saturated carbocycles. The Balaban J connectivity index is 1.80. The minimum atomic E-state index is -0.903. The number of aromatic nitrogens is 3. The van der Waals surface area contributed by atoms with Crippen molar-refractivity contribution in [2.75, 3.05) is 0 Å². The Morgan fingerprint density at radius 3 is 2.73 bits per heavy atom. The van der Waals surface area contributed by atoms with Gasteiger partial charge in [-0.1, -0.05) is 23.9 Å². The summed E-state index contributed by atoms with van der Waals surface area (Å²) < 4.78 is 2.14. The van der Waals surface area contributed by atoms with Crippen molar-refractivity contribution in [1.82, 2.24) is 14.5 Å². The molecule has 1 aromatic carbocycles. The monoisotopic (exact) mass is 313 g/mol. The number of hydrogen-bond donors (Lipinski definition) is 1. The highest BCUT2D eigenvalue weighted by molar-refractivity contribution is 7.98. The predicted octanol–water partition coefficient (Wildman–Crippen LogP) is 3.44. The Bertz CT molecular complexity index is 812. The molecule has 2 aromatic heterocycles. The van der Waals surface area contributed by atoms with Crippen LogP contribution in [0, 0.1) is 0 Å². The Hall–Kier alpha value is -2.34. The van der Waals surface area contributed by atoms with Crippen LogP contribution in [0.1, 0.15) is 22.8 Å². The van der Waals surface area contributed by atoms with E-state index in [1.807, 2.05) is 24.4 Å². The molecule has 0 amide bonds. The van der Waals surface area contributed by atoms with Crippen LogP contribution in [0.5, 0.6) is 0 Å². The number of nitrogens with zero attached hydrogens (tertiary/aromatic N) is 3. The molecule has 0 unspecified atom stereocenters. The summed E-state index contributed by atoms with van der Waals surface area (Å²) in [7, 11) is 0. The molecule has 2 heterocycles. The van der Waals surface area contributed by atoms with Crippen molar-refractivity contribution in [3.05, 3.63) is 53.9 Å². The Morgan fingerprint density at radius 2 is 2.05 bits per heavy atom. The number of rotatable bonds is 5. The van der Waals surface area contributed by atoms with Crippen molar-refractivity contribution >= 4 is 28.8 Å². The summed E-state index contributed by atoms with van der Waals surface area (Å²) in [6.07, 6.45) is 3.58. The van der Waals surface area contributed by atoms with Crippen LogP contribution < -0.4 is 0 Å². The van der Waals surface area contributed by atoms with Gasteiger partial charge in [0.25, 0.3) is 0 Å². The molecule has 0 radical (unpaired) electrons. The van der Waals surface area contributed by atoms with E-state index in [0.29, 0.717) is 5.56 Å². The summed E-state index contributed by atoms with van der Waals surface area (Å²) in [4.78, 5) is 19.6. The van der Waals surface area contributed by atoms with Crippen LogP contribution >= 0.6 is 11.8 Å². The normalized spacial score (nSPS) is 11.0. The van der Waals surface area contributed by atoms with E-state index in [1.54, 1.807) is 30.1 Å². The number of aryl methyl sites for hydroxylation is 1. The first-order valence-corrected chi connectivity index (χ1v) is 7.93. The van der Waals surface area contributed by atoms with E-state index in [2.05, 4.69) is 21.5 Å². The van der Waals surface area contributed by atoms with Gasteiger partial charge in [0.2, 0.25) is 0 Å². The second kappa shape index (κ2) is 6.19. The lowest BCUT2D eigenvalue weighted by atomic mass is 10.1. The number of thioether (sulfide) groups is 1. The van der Waals surface area contributed by atoms with E-state index in [9.17, 15) is 4.79 Å². The number of benzene rings is 1. The standard InChI is InChI=1S/C16H15N3O2S/c1-2-19-14-9-17-8-7-13(14)18-16(19)22-10-11-3-5-12(6-4-11)15(20)21/h3-9H,2,10H2,1H3,(H,20,21). The number of aromatic carboxylic acids is 1. The number of hydrogen-bond acceptors (Lipinski definition) is 4. The van der Waals surface area contributed by atoms with Gasteiger partial charge in [-0.05, 0) is 30.7 Å². The van der Waals surface area contributed by atoms with E-state index in [4.69, 9.17) is 5.11 Å². The van der Waals surface area contributed by atoms with E-state index >= 15 is 0 Å². The fourth-order valence-electron chi connectivity index (χ4n) is 2.25. The van der Waals surface area contributed by atoms with Gasteiger partial charge < -0.3 is 9.67 Å². The summed E-state index contributed by atoms with van der Waals surface area (Å²) in [6, 6.07) is 8.86. The van der Waals surface area contributed by atoms with Gasteiger partial charge in [-0.15, -0.1) is 0 Å². The van der Waals surface area contributed by atoms with Crippen LogP contribution in [0.2, 0.25) is 0 Å². The molecule has 112 valence electrons. The molecule has 0 saturated heterocycles.